The highest BCUT2D eigenvalue weighted by atomic mass is 28.4. The second-order valence-electron chi connectivity index (χ2n) is 9.91. The van der Waals surface area contributed by atoms with E-state index >= 15 is 0 Å². The van der Waals surface area contributed by atoms with Crippen LogP contribution in [0.3, 0.4) is 0 Å². The Hall–Kier alpha value is -2.36. The van der Waals surface area contributed by atoms with E-state index in [0.29, 0.717) is 29.0 Å². The average molecular weight is 446 g/mol. The van der Waals surface area contributed by atoms with Gasteiger partial charge in [-0.3, -0.25) is 24.1 Å². The highest BCUT2D eigenvalue weighted by molar-refractivity contribution is 6.74. The molecule has 0 radical (unpaired) electrons. The molecule has 9 heteroatoms. The number of carbonyl (C=O) groups is 4. The third-order valence-corrected chi connectivity index (χ3v) is 11.3. The third kappa shape index (κ3) is 4.09. The first-order valence-corrected chi connectivity index (χ1v) is 13.4. The van der Waals surface area contributed by atoms with E-state index in [-0.39, 0.29) is 22.9 Å². The Morgan fingerprint density at radius 3 is 2.06 bits per heavy atom. The summed E-state index contributed by atoms with van der Waals surface area (Å²) in [6.07, 6.45) is -0.243. The van der Waals surface area contributed by atoms with Gasteiger partial charge in [-0.2, -0.15) is 0 Å². The second kappa shape index (κ2) is 7.96. The summed E-state index contributed by atoms with van der Waals surface area (Å²) < 4.78 is 6.05. The number of hydrogen-bond acceptors (Lipinski definition) is 6. The summed E-state index contributed by atoms with van der Waals surface area (Å²) in [4.78, 5) is 51.8. The molecular formula is C22H31N3O5Si. The van der Waals surface area contributed by atoms with E-state index in [2.05, 4.69) is 20.8 Å². The number of rotatable bonds is 5. The largest absolute Gasteiger partial charge is 0.405 e. The number of benzene rings is 1. The summed E-state index contributed by atoms with van der Waals surface area (Å²) in [5.74, 6) is 3.56. The molecule has 0 bridgehead atoms. The number of amides is 4. The first kappa shape index (κ1) is 23.3. The number of carbonyl (C=O) groups excluding carboxylic acids is 4. The van der Waals surface area contributed by atoms with Crippen LogP contribution in [0.15, 0.2) is 24.3 Å². The molecule has 168 valence electrons. The fourth-order valence-corrected chi connectivity index (χ4v) is 5.05. The molecule has 8 nitrogen and oxygen atoms in total. The van der Waals surface area contributed by atoms with Crippen LogP contribution in [0.1, 0.15) is 61.3 Å². The SMILES string of the molecule is CC(O[Si](C)(C)C(C)(C)C)C(=O)N(N)C(=O)C1CC(N2C(=O)c3ccccc3C2=O)C1. The minimum atomic E-state index is -2.20. The predicted octanol–water partition coefficient (Wildman–Crippen LogP) is 2.70. The first-order valence-electron chi connectivity index (χ1n) is 10.5. The number of imide groups is 2. The molecule has 1 atom stereocenters. The summed E-state index contributed by atoms with van der Waals surface area (Å²) in [6.45, 7) is 11.9. The lowest BCUT2D eigenvalue weighted by Gasteiger charge is -2.41. The van der Waals surface area contributed by atoms with Crippen LogP contribution in [0.4, 0.5) is 0 Å². The van der Waals surface area contributed by atoms with Crippen LogP contribution in [-0.2, 0) is 14.0 Å². The van der Waals surface area contributed by atoms with E-state index < -0.39 is 32.2 Å². The van der Waals surface area contributed by atoms with Crippen molar-refractivity contribution in [3.8, 4) is 0 Å². The van der Waals surface area contributed by atoms with Crippen LogP contribution in [0, 0.1) is 5.92 Å². The number of hydrazine groups is 1. The van der Waals surface area contributed by atoms with Crippen molar-refractivity contribution >= 4 is 31.9 Å². The number of hydrogen-bond donors (Lipinski definition) is 1. The lowest BCUT2D eigenvalue weighted by molar-refractivity contribution is -0.154. The molecule has 3 rings (SSSR count). The standard InChI is InChI=1S/C22H31N3O5Si/c1-13(30-31(5,6)22(2,3)4)18(26)25(23)19(27)14-11-15(12-14)24-20(28)16-9-7-8-10-17(16)21(24)29/h7-10,13-15H,11-12,23H2,1-6H3. The number of nitrogens with zero attached hydrogens (tertiary/aromatic N) is 2. The Balaban J connectivity index is 1.59. The summed E-state index contributed by atoms with van der Waals surface area (Å²) in [5, 5.41) is 0.555. The van der Waals surface area contributed by atoms with Gasteiger partial charge in [0.25, 0.3) is 17.7 Å². The maximum Gasteiger partial charge on any atom is 0.271 e. The Kier molecular flexibility index (Phi) is 5.98. The molecule has 0 saturated heterocycles. The van der Waals surface area contributed by atoms with Crippen LogP contribution in [0.2, 0.25) is 18.1 Å². The topological polar surface area (TPSA) is 110 Å². The van der Waals surface area contributed by atoms with E-state index in [1.807, 2.05) is 13.1 Å². The molecule has 0 aromatic heterocycles. The second-order valence-corrected chi connectivity index (χ2v) is 14.7. The lowest BCUT2D eigenvalue weighted by Crippen LogP contribution is -2.57. The molecule has 1 heterocycles. The summed E-state index contributed by atoms with van der Waals surface area (Å²) in [5.41, 5.74) is 0.768. The van der Waals surface area contributed by atoms with Gasteiger partial charge in [0.1, 0.15) is 6.10 Å². The van der Waals surface area contributed by atoms with Crippen LogP contribution in [0.5, 0.6) is 0 Å². The summed E-state index contributed by atoms with van der Waals surface area (Å²) >= 11 is 0. The van der Waals surface area contributed by atoms with Gasteiger partial charge in [0.2, 0.25) is 5.91 Å². The van der Waals surface area contributed by atoms with Crippen molar-refractivity contribution in [1.82, 2.24) is 9.91 Å². The third-order valence-electron chi connectivity index (χ3n) is 6.75. The van der Waals surface area contributed by atoms with Gasteiger partial charge >= 0.3 is 0 Å². The van der Waals surface area contributed by atoms with Gasteiger partial charge in [-0.15, -0.1) is 0 Å². The molecule has 0 spiro atoms. The molecule has 1 aliphatic carbocycles. The quantitative estimate of drug-likeness (QED) is 0.245. The fraction of sp³-hybridized carbons (Fsp3) is 0.545. The van der Waals surface area contributed by atoms with E-state index in [4.69, 9.17) is 10.3 Å². The molecule has 1 aromatic rings. The number of nitrogens with two attached hydrogens (primary N) is 1. The van der Waals surface area contributed by atoms with Crippen molar-refractivity contribution < 1.29 is 23.6 Å². The molecule has 1 unspecified atom stereocenters. The smallest absolute Gasteiger partial charge is 0.271 e. The van der Waals surface area contributed by atoms with Crippen molar-refractivity contribution in [3.63, 3.8) is 0 Å². The van der Waals surface area contributed by atoms with Crippen LogP contribution < -0.4 is 5.84 Å². The zero-order chi connectivity index (χ0) is 23.3. The lowest BCUT2D eigenvalue weighted by atomic mass is 9.78. The van der Waals surface area contributed by atoms with Crippen LogP contribution in [-0.4, -0.2) is 54.0 Å². The van der Waals surface area contributed by atoms with Gasteiger partial charge < -0.3 is 4.43 Å². The molecule has 1 aromatic carbocycles. The monoisotopic (exact) mass is 445 g/mol. The van der Waals surface area contributed by atoms with E-state index in [1.54, 1.807) is 31.2 Å². The van der Waals surface area contributed by atoms with Crippen LogP contribution >= 0.6 is 0 Å². The van der Waals surface area contributed by atoms with Crippen molar-refractivity contribution in [3.05, 3.63) is 35.4 Å². The van der Waals surface area contributed by atoms with Crippen LogP contribution in [0.25, 0.3) is 0 Å². The first-order chi connectivity index (χ1) is 14.3. The van der Waals surface area contributed by atoms with Gasteiger partial charge in [0, 0.05) is 12.0 Å². The molecule has 2 N–H and O–H groups in total. The summed E-state index contributed by atoms with van der Waals surface area (Å²) in [7, 11) is -2.20. The molecule has 1 saturated carbocycles. The molecule has 31 heavy (non-hydrogen) atoms. The number of fused-ring (bicyclic) bond motifs is 1. The molecular weight excluding hydrogens is 414 g/mol. The van der Waals surface area contributed by atoms with E-state index in [9.17, 15) is 19.2 Å². The summed E-state index contributed by atoms with van der Waals surface area (Å²) in [6, 6.07) is 6.31. The van der Waals surface area contributed by atoms with Crippen molar-refractivity contribution in [2.45, 2.75) is 70.8 Å². The van der Waals surface area contributed by atoms with Gasteiger partial charge in [-0.1, -0.05) is 32.9 Å². The molecule has 2 aliphatic rings. The van der Waals surface area contributed by atoms with Crippen molar-refractivity contribution in [2.75, 3.05) is 0 Å². The van der Waals surface area contributed by atoms with E-state index in [0.717, 1.165) is 0 Å². The molecule has 1 aliphatic heterocycles. The minimum absolute atomic E-state index is 0.0848. The maximum atomic E-state index is 12.7. The Morgan fingerprint density at radius 1 is 1.13 bits per heavy atom. The minimum Gasteiger partial charge on any atom is -0.405 e. The Morgan fingerprint density at radius 2 is 1.61 bits per heavy atom. The maximum absolute atomic E-state index is 12.7. The normalized spacial score (nSPS) is 22.1. The Labute approximate surface area is 183 Å². The van der Waals surface area contributed by atoms with Gasteiger partial charge in [-0.25, -0.2) is 10.9 Å². The van der Waals surface area contributed by atoms with Gasteiger partial charge in [0.05, 0.1) is 11.1 Å². The van der Waals surface area contributed by atoms with Gasteiger partial charge in [0.15, 0.2) is 8.32 Å². The van der Waals surface area contributed by atoms with Crippen molar-refractivity contribution in [2.24, 2.45) is 11.8 Å². The molecule has 4 amide bonds. The predicted molar refractivity (Wildman–Crippen MR) is 117 cm³/mol. The zero-order valence-electron chi connectivity index (χ0n) is 19.0. The highest BCUT2D eigenvalue weighted by Crippen LogP contribution is 2.39. The average Bonchev–Trinajstić information content (AvgIpc) is 2.89. The van der Waals surface area contributed by atoms with Crippen molar-refractivity contribution in [1.29, 1.82) is 0 Å². The fourth-order valence-electron chi connectivity index (χ4n) is 3.71. The Bertz CT molecular complexity index is 898. The van der Waals surface area contributed by atoms with Gasteiger partial charge in [-0.05, 0) is 50.0 Å². The molecule has 1 fully saturated rings. The highest BCUT2D eigenvalue weighted by Gasteiger charge is 2.48. The van der Waals surface area contributed by atoms with E-state index in [1.165, 1.54) is 4.90 Å². The zero-order valence-corrected chi connectivity index (χ0v) is 20.0.